The summed E-state index contributed by atoms with van der Waals surface area (Å²) in [6.07, 6.45) is 6.68. The quantitative estimate of drug-likeness (QED) is 0.619. The number of ether oxygens (including phenoxy) is 1. The molecular weight excluding hydrogens is 404 g/mol. The van der Waals surface area contributed by atoms with Crippen LogP contribution in [0.5, 0.6) is 5.75 Å². The third-order valence-electron chi connectivity index (χ3n) is 7.78. The summed E-state index contributed by atoms with van der Waals surface area (Å²) in [4.78, 5) is 11.3. The fourth-order valence-electron chi connectivity index (χ4n) is 5.79. The van der Waals surface area contributed by atoms with Gasteiger partial charge in [0.1, 0.15) is 11.9 Å². The molecule has 0 amide bonds. The van der Waals surface area contributed by atoms with Crippen LogP contribution in [0.4, 0.5) is 0 Å². The highest BCUT2D eigenvalue weighted by Gasteiger charge is 2.50. The van der Waals surface area contributed by atoms with Gasteiger partial charge >= 0.3 is 5.97 Å². The smallest absolute Gasteiger partial charge is 0.335 e. The molecule has 3 aliphatic rings. The van der Waals surface area contributed by atoms with Gasteiger partial charge in [0.05, 0.1) is 17.8 Å². The van der Waals surface area contributed by atoms with Crippen LogP contribution in [-0.4, -0.2) is 39.6 Å². The van der Waals surface area contributed by atoms with Crippen LogP contribution < -0.4 is 4.74 Å². The highest BCUT2D eigenvalue weighted by Crippen LogP contribution is 2.52. The molecule has 1 heterocycles. The Morgan fingerprint density at radius 3 is 2.72 bits per heavy atom. The molecule has 2 fully saturated rings. The molecule has 5 rings (SSSR count). The summed E-state index contributed by atoms with van der Waals surface area (Å²) < 4.78 is 6.22. The second kappa shape index (κ2) is 8.05. The SMILES string of the molecule is Cc1ccccc1C1(C(O)/C=C/[C@@H]2[C@H]3CCc4ccc(C(=O)O)cc4O[C@H]3C[C@H]2O)CC1. The molecule has 2 saturated carbocycles. The average molecular weight is 435 g/mol. The molecule has 2 aliphatic carbocycles. The van der Waals surface area contributed by atoms with E-state index in [2.05, 4.69) is 19.1 Å². The third-order valence-corrected chi connectivity index (χ3v) is 7.78. The summed E-state index contributed by atoms with van der Waals surface area (Å²) in [6.45, 7) is 2.09. The van der Waals surface area contributed by atoms with Gasteiger partial charge < -0.3 is 20.1 Å². The third kappa shape index (κ3) is 3.63. The van der Waals surface area contributed by atoms with Crippen molar-refractivity contribution in [1.82, 2.24) is 0 Å². The van der Waals surface area contributed by atoms with Crippen LogP contribution >= 0.6 is 0 Å². The van der Waals surface area contributed by atoms with Gasteiger partial charge in [0.2, 0.25) is 0 Å². The molecule has 0 aromatic heterocycles. The number of carbonyl (C=O) groups is 1. The van der Waals surface area contributed by atoms with Gasteiger partial charge in [0.25, 0.3) is 0 Å². The molecule has 2 aromatic carbocycles. The maximum atomic E-state index is 11.3. The van der Waals surface area contributed by atoms with E-state index in [0.717, 1.165) is 31.2 Å². The highest BCUT2D eigenvalue weighted by molar-refractivity contribution is 5.88. The number of aliphatic hydroxyl groups excluding tert-OH is 2. The number of aliphatic hydroxyl groups is 2. The van der Waals surface area contributed by atoms with E-state index in [9.17, 15) is 20.1 Å². The van der Waals surface area contributed by atoms with E-state index in [1.807, 2.05) is 30.4 Å². The van der Waals surface area contributed by atoms with E-state index < -0.39 is 18.2 Å². The van der Waals surface area contributed by atoms with E-state index >= 15 is 0 Å². The van der Waals surface area contributed by atoms with Gasteiger partial charge in [-0.25, -0.2) is 4.79 Å². The number of rotatable bonds is 5. The first-order valence-electron chi connectivity index (χ1n) is 11.5. The van der Waals surface area contributed by atoms with Crippen molar-refractivity contribution >= 4 is 5.97 Å². The molecule has 5 atom stereocenters. The van der Waals surface area contributed by atoms with Crippen molar-refractivity contribution in [3.8, 4) is 5.75 Å². The topological polar surface area (TPSA) is 87.0 Å². The van der Waals surface area contributed by atoms with Crippen molar-refractivity contribution in [3.63, 3.8) is 0 Å². The van der Waals surface area contributed by atoms with E-state index in [1.165, 1.54) is 11.1 Å². The highest BCUT2D eigenvalue weighted by atomic mass is 16.5. The molecule has 1 unspecified atom stereocenters. The number of benzene rings is 2. The summed E-state index contributed by atoms with van der Waals surface area (Å²) in [7, 11) is 0. The first-order chi connectivity index (χ1) is 15.4. The van der Waals surface area contributed by atoms with Crippen LogP contribution in [0.1, 0.15) is 52.7 Å². The number of carboxylic acids is 1. The van der Waals surface area contributed by atoms with Crippen LogP contribution in [0.2, 0.25) is 0 Å². The fraction of sp³-hybridized carbons (Fsp3) is 0.444. The van der Waals surface area contributed by atoms with Crippen molar-refractivity contribution in [2.75, 3.05) is 0 Å². The Kier molecular flexibility index (Phi) is 5.34. The predicted molar refractivity (Wildman–Crippen MR) is 121 cm³/mol. The normalized spacial score (nSPS) is 29.0. The molecule has 32 heavy (non-hydrogen) atoms. The Morgan fingerprint density at radius 1 is 1.22 bits per heavy atom. The number of carboxylic acid groups (broad SMARTS) is 1. The molecule has 0 radical (unpaired) electrons. The molecule has 5 heteroatoms. The first-order valence-corrected chi connectivity index (χ1v) is 11.5. The van der Waals surface area contributed by atoms with Crippen LogP contribution in [-0.2, 0) is 11.8 Å². The molecule has 0 spiro atoms. The lowest BCUT2D eigenvalue weighted by molar-refractivity contribution is 0.0695. The zero-order chi connectivity index (χ0) is 22.5. The minimum atomic E-state index is -0.971. The van der Waals surface area contributed by atoms with Crippen LogP contribution in [0.3, 0.4) is 0 Å². The Hall–Kier alpha value is -2.63. The van der Waals surface area contributed by atoms with Gasteiger partial charge in [-0.15, -0.1) is 0 Å². The zero-order valence-corrected chi connectivity index (χ0v) is 18.3. The molecule has 0 bridgehead atoms. The molecule has 3 N–H and O–H groups in total. The van der Waals surface area contributed by atoms with Crippen molar-refractivity contribution in [2.24, 2.45) is 11.8 Å². The predicted octanol–water partition coefficient (Wildman–Crippen LogP) is 4.03. The molecule has 0 saturated heterocycles. The van der Waals surface area contributed by atoms with E-state index in [4.69, 9.17) is 4.74 Å². The summed E-state index contributed by atoms with van der Waals surface area (Å²) >= 11 is 0. The minimum absolute atomic E-state index is 0.0874. The van der Waals surface area contributed by atoms with Crippen molar-refractivity contribution < 1.29 is 24.9 Å². The van der Waals surface area contributed by atoms with Crippen LogP contribution in [0, 0.1) is 18.8 Å². The number of hydrogen-bond acceptors (Lipinski definition) is 4. The summed E-state index contributed by atoms with van der Waals surface area (Å²) in [5, 5.41) is 31.2. The second-order valence-corrected chi connectivity index (χ2v) is 9.67. The molecule has 5 nitrogen and oxygen atoms in total. The van der Waals surface area contributed by atoms with Gasteiger partial charge in [-0.05, 0) is 61.4 Å². The lowest BCUT2D eigenvalue weighted by atomic mass is 9.84. The summed E-state index contributed by atoms with van der Waals surface area (Å²) in [5.74, 6) is -0.315. The summed E-state index contributed by atoms with van der Waals surface area (Å²) in [5.41, 5.74) is 3.43. The van der Waals surface area contributed by atoms with Crippen LogP contribution in [0.15, 0.2) is 54.6 Å². The van der Waals surface area contributed by atoms with Gasteiger partial charge in [-0.3, -0.25) is 0 Å². The van der Waals surface area contributed by atoms with Crippen molar-refractivity contribution in [1.29, 1.82) is 0 Å². The Morgan fingerprint density at radius 2 is 2.00 bits per heavy atom. The largest absolute Gasteiger partial charge is 0.490 e. The standard InChI is InChI=1S/C27H30O5/c1-16-4-2-3-5-21(16)27(12-13-27)25(29)11-10-19-20-9-8-17-6-7-18(26(30)31)14-23(17)32-24(20)15-22(19)28/h2-7,10-11,14,19-20,22,24-25,28-29H,8-9,12-13,15H2,1H3,(H,30,31)/b11-10+/t19-,20-,22-,24+,25?/m1/s1. The van der Waals surface area contributed by atoms with Crippen LogP contribution in [0.25, 0.3) is 0 Å². The fourth-order valence-corrected chi connectivity index (χ4v) is 5.79. The molecule has 168 valence electrons. The molecule has 1 aliphatic heterocycles. The number of aromatic carboxylic acids is 1. The lowest BCUT2D eigenvalue weighted by Crippen LogP contribution is -2.27. The van der Waals surface area contributed by atoms with Crippen molar-refractivity contribution in [2.45, 2.75) is 62.8 Å². The molecular formula is C27H30O5. The van der Waals surface area contributed by atoms with E-state index in [-0.39, 0.29) is 28.9 Å². The maximum absolute atomic E-state index is 11.3. The van der Waals surface area contributed by atoms with E-state index in [0.29, 0.717) is 12.2 Å². The van der Waals surface area contributed by atoms with Gasteiger partial charge in [-0.1, -0.05) is 42.5 Å². The Labute approximate surface area is 188 Å². The number of hydrogen-bond donors (Lipinski definition) is 3. The van der Waals surface area contributed by atoms with Gasteiger partial charge in [-0.2, -0.15) is 0 Å². The Balaban J connectivity index is 1.34. The van der Waals surface area contributed by atoms with Gasteiger partial charge in [0, 0.05) is 23.7 Å². The molecule has 2 aromatic rings. The zero-order valence-electron chi connectivity index (χ0n) is 18.3. The summed E-state index contributed by atoms with van der Waals surface area (Å²) in [6, 6.07) is 13.3. The van der Waals surface area contributed by atoms with Crippen molar-refractivity contribution in [3.05, 3.63) is 76.9 Å². The number of fused-ring (bicyclic) bond motifs is 2. The van der Waals surface area contributed by atoms with Gasteiger partial charge in [0.15, 0.2) is 0 Å². The first kappa shape index (κ1) is 21.2. The number of aryl methyl sites for hydroxylation is 2. The second-order valence-electron chi connectivity index (χ2n) is 9.67. The average Bonchev–Trinajstić information content (AvgIpc) is 3.54. The monoisotopic (exact) mass is 434 g/mol. The van der Waals surface area contributed by atoms with E-state index in [1.54, 1.807) is 12.1 Å². The Bertz CT molecular complexity index is 1050. The minimum Gasteiger partial charge on any atom is -0.490 e. The lowest BCUT2D eigenvalue weighted by Gasteiger charge is -2.24. The maximum Gasteiger partial charge on any atom is 0.335 e.